The number of benzene rings is 1. The summed E-state index contributed by atoms with van der Waals surface area (Å²) in [6.45, 7) is 2.87. The Morgan fingerprint density at radius 3 is 2.30 bits per heavy atom. The van der Waals surface area contributed by atoms with Gasteiger partial charge in [0, 0.05) is 31.4 Å². The molecule has 1 aromatic carbocycles. The molecule has 0 atom stereocenters. The van der Waals surface area contributed by atoms with Gasteiger partial charge in [-0.2, -0.15) is 5.10 Å². The minimum atomic E-state index is -0.489. The van der Waals surface area contributed by atoms with Crippen LogP contribution < -0.4 is 21.1 Å². The van der Waals surface area contributed by atoms with Crippen molar-refractivity contribution >= 4 is 40.5 Å². The van der Waals surface area contributed by atoms with Gasteiger partial charge in [0.25, 0.3) is 5.56 Å². The maximum Gasteiger partial charge on any atom is 0.288 e. The van der Waals surface area contributed by atoms with Gasteiger partial charge >= 0.3 is 0 Å². The van der Waals surface area contributed by atoms with Crippen molar-refractivity contribution in [1.29, 1.82) is 0 Å². The Morgan fingerprint density at radius 1 is 1.11 bits per heavy atom. The maximum atomic E-state index is 12.4. The van der Waals surface area contributed by atoms with Gasteiger partial charge in [0.2, 0.25) is 11.8 Å². The largest absolute Gasteiger partial charge is 0.369 e. The summed E-state index contributed by atoms with van der Waals surface area (Å²) in [7, 11) is 0. The highest BCUT2D eigenvalue weighted by Crippen LogP contribution is 2.24. The molecule has 3 rings (SSSR count). The lowest BCUT2D eigenvalue weighted by Gasteiger charge is -2.18. The fraction of sp³-hybridized carbons (Fsp3) is 0.333. The fourth-order valence-electron chi connectivity index (χ4n) is 2.92. The lowest BCUT2D eigenvalue weighted by atomic mass is 10.2. The van der Waals surface area contributed by atoms with E-state index in [1.165, 1.54) is 13.1 Å². The summed E-state index contributed by atoms with van der Waals surface area (Å²) in [5, 5.41) is 9.49. The van der Waals surface area contributed by atoms with Gasteiger partial charge in [0.15, 0.2) is 0 Å². The van der Waals surface area contributed by atoms with E-state index in [9.17, 15) is 14.4 Å². The summed E-state index contributed by atoms with van der Waals surface area (Å²) in [4.78, 5) is 37.7. The number of halogens is 1. The van der Waals surface area contributed by atoms with Gasteiger partial charge in [-0.3, -0.25) is 14.4 Å². The van der Waals surface area contributed by atoms with Crippen LogP contribution >= 0.6 is 11.6 Å². The molecule has 2 N–H and O–H groups in total. The molecular weight excluding hydrogens is 370 g/mol. The molecule has 0 radical (unpaired) electrons. The summed E-state index contributed by atoms with van der Waals surface area (Å²) in [5.41, 5.74) is 1.30. The number of aromatic nitrogens is 2. The van der Waals surface area contributed by atoms with E-state index in [4.69, 9.17) is 11.6 Å². The first kappa shape index (κ1) is 18.9. The second-order valence-corrected chi connectivity index (χ2v) is 6.69. The van der Waals surface area contributed by atoms with Gasteiger partial charge in [0.1, 0.15) is 11.6 Å². The van der Waals surface area contributed by atoms with Crippen LogP contribution in [0.2, 0.25) is 5.02 Å². The van der Waals surface area contributed by atoms with Gasteiger partial charge < -0.3 is 15.5 Å². The van der Waals surface area contributed by atoms with E-state index in [1.807, 2.05) is 4.90 Å². The number of carbonyl (C=O) groups excluding carboxylic acids is 2. The highest BCUT2D eigenvalue weighted by Gasteiger charge is 2.19. The molecule has 1 saturated heterocycles. The first-order valence-corrected chi connectivity index (χ1v) is 9.00. The van der Waals surface area contributed by atoms with Crippen molar-refractivity contribution in [2.24, 2.45) is 0 Å². The second kappa shape index (κ2) is 8.22. The highest BCUT2D eigenvalue weighted by molar-refractivity contribution is 6.33. The van der Waals surface area contributed by atoms with Crippen LogP contribution in [0.15, 0.2) is 35.3 Å². The standard InChI is InChI=1S/C18H20ClN5O3/c1-12(25)21-13-4-6-14(7-5-13)22-16(26)11-24-18(27)17(19)15(10-20-24)23-8-2-3-9-23/h4-7,10H,2-3,8-9,11H2,1H3,(H,21,25)(H,22,26). The Morgan fingerprint density at radius 2 is 1.70 bits per heavy atom. The fourth-order valence-corrected chi connectivity index (χ4v) is 3.19. The van der Waals surface area contributed by atoms with Crippen LogP contribution in [-0.4, -0.2) is 34.7 Å². The van der Waals surface area contributed by atoms with Crippen LogP contribution in [0.3, 0.4) is 0 Å². The molecule has 27 heavy (non-hydrogen) atoms. The molecule has 8 nitrogen and oxygen atoms in total. The van der Waals surface area contributed by atoms with E-state index >= 15 is 0 Å². The van der Waals surface area contributed by atoms with E-state index in [2.05, 4.69) is 15.7 Å². The zero-order chi connectivity index (χ0) is 19.4. The molecule has 1 aromatic heterocycles. The molecular formula is C18H20ClN5O3. The molecule has 9 heteroatoms. The van der Waals surface area contributed by atoms with Crippen molar-refractivity contribution in [2.75, 3.05) is 28.6 Å². The summed E-state index contributed by atoms with van der Waals surface area (Å²) in [6, 6.07) is 6.65. The van der Waals surface area contributed by atoms with E-state index in [-0.39, 0.29) is 17.5 Å². The summed E-state index contributed by atoms with van der Waals surface area (Å²) in [5.74, 6) is -0.576. The predicted octanol–water partition coefficient (Wildman–Crippen LogP) is 2.09. The van der Waals surface area contributed by atoms with E-state index < -0.39 is 11.5 Å². The molecule has 0 saturated carbocycles. The second-order valence-electron chi connectivity index (χ2n) is 6.31. The topological polar surface area (TPSA) is 96.3 Å². The number of nitrogens with one attached hydrogen (secondary N) is 2. The van der Waals surface area contributed by atoms with Crippen molar-refractivity contribution in [3.05, 3.63) is 45.8 Å². The molecule has 1 aliphatic rings. The van der Waals surface area contributed by atoms with Crippen molar-refractivity contribution in [1.82, 2.24) is 9.78 Å². The Hall–Kier alpha value is -2.87. The van der Waals surface area contributed by atoms with Crippen LogP contribution in [0.25, 0.3) is 0 Å². The van der Waals surface area contributed by atoms with Crippen LogP contribution in [0.4, 0.5) is 17.1 Å². The Balaban J connectivity index is 1.66. The molecule has 0 unspecified atom stereocenters. The smallest absolute Gasteiger partial charge is 0.288 e. The normalized spacial score (nSPS) is 13.5. The van der Waals surface area contributed by atoms with Crippen molar-refractivity contribution in [3.63, 3.8) is 0 Å². The molecule has 0 spiro atoms. The minimum Gasteiger partial charge on any atom is -0.369 e. The van der Waals surface area contributed by atoms with Crippen molar-refractivity contribution in [2.45, 2.75) is 26.3 Å². The molecule has 1 aliphatic heterocycles. The van der Waals surface area contributed by atoms with Crippen molar-refractivity contribution < 1.29 is 9.59 Å². The molecule has 0 aliphatic carbocycles. The molecule has 142 valence electrons. The average Bonchev–Trinajstić information content (AvgIpc) is 3.15. The predicted molar refractivity (Wildman–Crippen MR) is 104 cm³/mol. The number of carbonyl (C=O) groups is 2. The zero-order valence-corrected chi connectivity index (χ0v) is 15.6. The Bertz CT molecular complexity index is 904. The number of amides is 2. The molecule has 2 heterocycles. The van der Waals surface area contributed by atoms with Crippen molar-refractivity contribution in [3.8, 4) is 0 Å². The number of hydrogen-bond donors (Lipinski definition) is 2. The van der Waals surface area contributed by atoms with Crippen LogP contribution in [0, 0.1) is 0 Å². The number of anilines is 3. The summed E-state index contributed by atoms with van der Waals surface area (Å²) >= 11 is 6.20. The molecule has 2 amide bonds. The van der Waals surface area contributed by atoms with Crippen LogP contribution in [0.1, 0.15) is 19.8 Å². The monoisotopic (exact) mass is 389 g/mol. The van der Waals surface area contributed by atoms with Crippen LogP contribution in [0.5, 0.6) is 0 Å². The van der Waals surface area contributed by atoms with E-state index in [0.717, 1.165) is 30.6 Å². The lowest BCUT2D eigenvalue weighted by molar-refractivity contribution is -0.117. The first-order chi connectivity index (χ1) is 12.9. The van der Waals surface area contributed by atoms with Gasteiger partial charge in [-0.1, -0.05) is 11.6 Å². The third kappa shape index (κ3) is 4.65. The summed E-state index contributed by atoms with van der Waals surface area (Å²) < 4.78 is 1.04. The number of hydrogen-bond acceptors (Lipinski definition) is 5. The third-order valence-electron chi connectivity index (χ3n) is 4.20. The first-order valence-electron chi connectivity index (χ1n) is 8.62. The Labute approximate surface area is 161 Å². The third-order valence-corrected chi connectivity index (χ3v) is 4.55. The maximum absolute atomic E-state index is 12.4. The minimum absolute atomic E-state index is 0.0827. The molecule has 1 fully saturated rings. The highest BCUT2D eigenvalue weighted by atomic mass is 35.5. The SMILES string of the molecule is CC(=O)Nc1ccc(NC(=O)Cn2ncc(N3CCCC3)c(Cl)c2=O)cc1. The molecule has 2 aromatic rings. The summed E-state index contributed by atoms with van der Waals surface area (Å²) in [6.07, 6.45) is 3.65. The van der Waals surface area contributed by atoms with Gasteiger partial charge in [-0.05, 0) is 37.1 Å². The zero-order valence-electron chi connectivity index (χ0n) is 14.9. The quantitative estimate of drug-likeness (QED) is 0.816. The van der Waals surface area contributed by atoms with Gasteiger partial charge in [-0.15, -0.1) is 0 Å². The molecule has 0 bridgehead atoms. The number of nitrogens with zero attached hydrogens (tertiary/aromatic N) is 3. The number of rotatable bonds is 5. The van der Waals surface area contributed by atoms with E-state index in [1.54, 1.807) is 24.3 Å². The van der Waals surface area contributed by atoms with Gasteiger partial charge in [-0.25, -0.2) is 4.68 Å². The van der Waals surface area contributed by atoms with Crippen LogP contribution in [-0.2, 0) is 16.1 Å². The Kier molecular flexibility index (Phi) is 5.75. The average molecular weight is 390 g/mol. The lowest BCUT2D eigenvalue weighted by Crippen LogP contribution is -2.31. The van der Waals surface area contributed by atoms with E-state index in [0.29, 0.717) is 17.1 Å². The van der Waals surface area contributed by atoms with Gasteiger partial charge in [0.05, 0.1) is 11.9 Å².